The number of carbonyl (C=O) groups is 2. The highest BCUT2D eigenvalue weighted by Crippen LogP contribution is 2.40. The van der Waals surface area contributed by atoms with E-state index < -0.39 is 11.9 Å². The van der Waals surface area contributed by atoms with Gasteiger partial charge in [0.2, 0.25) is 5.91 Å². The van der Waals surface area contributed by atoms with Gasteiger partial charge in [-0.3, -0.25) is 4.79 Å². The molecule has 0 radical (unpaired) electrons. The van der Waals surface area contributed by atoms with Crippen molar-refractivity contribution in [2.24, 2.45) is 0 Å². The zero-order valence-corrected chi connectivity index (χ0v) is 14.8. The van der Waals surface area contributed by atoms with Crippen molar-refractivity contribution in [1.82, 2.24) is 5.32 Å². The highest BCUT2D eigenvalue weighted by atomic mass is 35.5. The second-order valence-corrected chi connectivity index (χ2v) is 6.42. The lowest BCUT2D eigenvalue weighted by Gasteiger charge is -2.28. The largest absolute Gasteiger partial charge is 0.459 e. The summed E-state index contributed by atoms with van der Waals surface area (Å²) in [7, 11) is 0. The number of hydrogen-bond acceptors (Lipinski definition) is 3. The maximum atomic E-state index is 12.6. The van der Waals surface area contributed by atoms with Gasteiger partial charge >= 0.3 is 5.97 Å². The van der Waals surface area contributed by atoms with Crippen LogP contribution < -0.4 is 5.32 Å². The van der Waals surface area contributed by atoms with Gasteiger partial charge in [-0.15, -0.1) is 0 Å². The van der Waals surface area contributed by atoms with Crippen molar-refractivity contribution < 1.29 is 14.3 Å². The summed E-state index contributed by atoms with van der Waals surface area (Å²) in [6.07, 6.45) is 0.607. The average Bonchev–Trinajstić information content (AvgIpc) is 2.46. The first kappa shape index (κ1) is 17.8. The maximum Gasteiger partial charge on any atom is 0.336 e. The Bertz CT molecular complexity index is 650. The van der Waals surface area contributed by atoms with E-state index in [0.717, 1.165) is 0 Å². The Balaban J connectivity index is 2.49. The van der Waals surface area contributed by atoms with E-state index in [-0.39, 0.29) is 18.4 Å². The third-order valence-corrected chi connectivity index (χ3v) is 4.58. The molecule has 0 spiro atoms. The fourth-order valence-corrected chi connectivity index (χ4v) is 3.25. The van der Waals surface area contributed by atoms with E-state index in [4.69, 9.17) is 27.9 Å². The lowest BCUT2D eigenvalue weighted by molar-refractivity contribution is -0.144. The number of nitrogens with one attached hydrogen (secondary N) is 1. The van der Waals surface area contributed by atoms with Crippen LogP contribution in [0.15, 0.2) is 29.5 Å². The summed E-state index contributed by atoms with van der Waals surface area (Å²) >= 11 is 12.5. The van der Waals surface area contributed by atoms with Crippen molar-refractivity contribution >= 4 is 35.1 Å². The normalized spacial score (nSPS) is 19.3. The molecule has 0 unspecified atom stereocenters. The van der Waals surface area contributed by atoms with Crippen molar-refractivity contribution in [3.8, 4) is 0 Å². The van der Waals surface area contributed by atoms with Gasteiger partial charge in [0.05, 0.1) is 11.7 Å². The van der Waals surface area contributed by atoms with E-state index in [1.165, 1.54) is 0 Å². The summed E-state index contributed by atoms with van der Waals surface area (Å²) in [5.41, 5.74) is 1.47. The molecule has 0 aromatic heterocycles. The third kappa shape index (κ3) is 3.88. The zero-order valence-electron chi connectivity index (χ0n) is 13.3. The Morgan fingerprint density at radius 3 is 2.57 bits per heavy atom. The van der Waals surface area contributed by atoms with Crippen molar-refractivity contribution in [2.45, 2.75) is 45.6 Å². The van der Waals surface area contributed by atoms with Crippen LogP contribution in [0.5, 0.6) is 0 Å². The first-order chi connectivity index (χ1) is 10.8. The van der Waals surface area contributed by atoms with E-state index in [1.807, 2.05) is 13.8 Å². The van der Waals surface area contributed by atoms with Gasteiger partial charge in [-0.1, -0.05) is 36.2 Å². The predicted octanol–water partition coefficient (Wildman–Crippen LogP) is 4.21. The predicted molar refractivity (Wildman–Crippen MR) is 90.5 cm³/mol. The second kappa shape index (κ2) is 7.37. The molecule has 6 heteroatoms. The summed E-state index contributed by atoms with van der Waals surface area (Å²) in [6.45, 7) is 5.44. The molecule has 1 aliphatic heterocycles. The molecular weight excluding hydrogens is 337 g/mol. The van der Waals surface area contributed by atoms with E-state index in [2.05, 4.69) is 5.32 Å². The van der Waals surface area contributed by atoms with Crippen molar-refractivity contribution in [3.05, 3.63) is 45.1 Å². The summed E-state index contributed by atoms with van der Waals surface area (Å²) in [5, 5.41) is 3.55. The minimum atomic E-state index is -0.512. The number of allylic oxidation sites excluding steroid dienone is 1. The van der Waals surface area contributed by atoms with Gasteiger partial charge in [-0.05, 0) is 38.0 Å². The quantitative estimate of drug-likeness (QED) is 0.822. The van der Waals surface area contributed by atoms with Crippen LogP contribution >= 0.6 is 23.2 Å². The molecule has 4 nitrogen and oxygen atoms in total. The maximum absolute atomic E-state index is 12.6. The summed E-state index contributed by atoms with van der Waals surface area (Å²) in [6, 6.07) is 5.12. The van der Waals surface area contributed by atoms with Crippen molar-refractivity contribution in [1.29, 1.82) is 0 Å². The highest BCUT2D eigenvalue weighted by Gasteiger charge is 2.35. The minimum Gasteiger partial charge on any atom is -0.459 e. The molecule has 0 saturated heterocycles. The lowest BCUT2D eigenvalue weighted by Crippen LogP contribution is -2.35. The molecule has 1 N–H and O–H groups in total. The van der Waals surface area contributed by atoms with Gasteiger partial charge in [-0.2, -0.15) is 0 Å². The number of amides is 1. The molecule has 1 aliphatic rings. The van der Waals surface area contributed by atoms with Crippen LogP contribution in [0.1, 0.15) is 45.1 Å². The number of ether oxygens (including phenoxy) is 1. The van der Waals surface area contributed by atoms with E-state index >= 15 is 0 Å². The molecule has 124 valence electrons. The number of hydrogen-bond donors (Lipinski definition) is 1. The Morgan fingerprint density at radius 1 is 1.39 bits per heavy atom. The fraction of sp³-hybridized carbons (Fsp3) is 0.412. The summed E-state index contributed by atoms with van der Waals surface area (Å²) in [4.78, 5) is 24.5. The third-order valence-electron chi connectivity index (χ3n) is 3.92. The van der Waals surface area contributed by atoms with Crippen LogP contribution in [0.2, 0.25) is 10.0 Å². The Kier molecular flexibility index (Phi) is 5.71. The van der Waals surface area contributed by atoms with Crippen LogP contribution in [-0.2, 0) is 14.3 Å². The van der Waals surface area contributed by atoms with Crippen LogP contribution in [0, 0.1) is 0 Å². The SMILES string of the molecule is CC[C@H](C)OC(=O)C1=C(C)NC(=O)C[C@@H]1c1c(Cl)cccc1Cl. The Labute approximate surface area is 145 Å². The molecule has 23 heavy (non-hydrogen) atoms. The number of benzene rings is 1. The number of carbonyl (C=O) groups excluding carboxylic acids is 2. The Hall–Kier alpha value is -1.52. The highest BCUT2D eigenvalue weighted by molar-refractivity contribution is 6.36. The van der Waals surface area contributed by atoms with Crippen LogP contribution in [-0.4, -0.2) is 18.0 Å². The van der Waals surface area contributed by atoms with E-state index in [0.29, 0.717) is 33.3 Å². The fourth-order valence-electron chi connectivity index (χ4n) is 2.59. The molecule has 1 amide bonds. The number of halogens is 2. The molecule has 0 saturated carbocycles. The van der Waals surface area contributed by atoms with Crippen LogP contribution in [0.25, 0.3) is 0 Å². The second-order valence-electron chi connectivity index (χ2n) is 5.60. The molecule has 0 fully saturated rings. The first-order valence-electron chi connectivity index (χ1n) is 7.50. The number of rotatable bonds is 4. The zero-order chi connectivity index (χ0) is 17.1. The van der Waals surface area contributed by atoms with Gasteiger partial charge in [0, 0.05) is 28.1 Å². The number of esters is 1. The van der Waals surface area contributed by atoms with Gasteiger partial charge < -0.3 is 10.1 Å². The van der Waals surface area contributed by atoms with Gasteiger partial charge in [0.25, 0.3) is 0 Å². The molecule has 1 aromatic carbocycles. The first-order valence-corrected chi connectivity index (χ1v) is 8.26. The van der Waals surface area contributed by atoms with Crippen LogP contribution in [0.4, 0.5) is 0 Å². The average molecular weight is 356 g/mol. The molecule has 2 atom stereocenters. The van der Waals surface area contributed by atoms with Gasteiger partial charge in [-0.25, -0.2) is 4.79 Å². The Morgan fingerprint density at radius 2 is 2.00 bits per heavy atom. The van der Waals surface area contributed by atoms with Crippen molar-refractivity contribution in [3.63, 3.8) is 0 Å². The molecule has 1 heterocycles. The van der Waals surface area contributed by atoms with Crippen molar-refractivity contribution in [2.75, 3.05) is 0 Å². The van der Waals surface area contributed by atoms with E-state index in [9.17, 15) is 9.59 Å². The summed E-state index contributed by atoms with van der Waals surface area (Å²) in [5.74, 6) is -1.14. The van der Waals surface area contributed by atoms with Gasteiger partial charge in [0.1, 0.15) is 0 Å². The molecule has 2 rings (SSSR count). The van der Waals surface area contributed by atoms with Gasteiger partial charge in [0.15, 0.2) is 0 Å². The molecule has 0 bridgehead atoms. The summed E-state index contributed by atoms with van der Waals surface area (Å²) < 4.78 is 5.44. The molecule has 0 aliphatic carbocycles. The molecule has 1 aromatic rings. The topological polar surface area (TPSA) is 55.4 Å². The monoisotopic (exact) mass is 355 g/mol. The lowest BCUT2D eigenvalue weighted by atomic mass is 9.84. The van der Waals surface area contributed by atoms with E-state index in [1.54, 1.807) is 25.1 Å². The standard InChI is InChI=1S/C17H19Cl2NO3/c1-4-9(2)23-17(22)15-10(3)20-14(21)8-11(15)16-12(18)6-5-7-13(16)19/h5-7,9,11H,4,8H2,1-3H3,(H,20,21)/t9-,11-/m0/s1. The molecular formula is C17H19Cl2NO3. The smallest absolute Gasteiger partial charge is 0.336 e. The van der Waals surface area contributed by atoms with Crippen LogP contribution in [0.3, 0.4) is 0 Å². The minimum absolute atomic E-state index is 0.103.